The van der Waals surface area contributed by atoms with Crippen molar-refractivity contribution in [2.45, 2.75) is 10.1 Å². The lowest BCUT2D eigenvalue weighted by atomic mass is 10.1. The Morgan fingerprint density at radius 1 is 0.681 bits per heavy atom. The predicted molar refractivity (Wildman–Crippen MR) is 188 cm³/mol. The maximum atomic E-state index is 14.7. The van der Waals surface area contributed by atoms with Crippen LogP contribution >= 0.6 is 46.6 Å². The van der Waals surface area contributed by atoms with Gasteiger partial charge in [0.1, 0.15) is 16.8 Å². The van der Waals surface area contributed by atoms with Crippen molar-refractivity contribution >= 4 is 81.7 Å². The summed E-state index contributed by atoms with van der Waals surface area (Å²) in [5, 5.41) is 8.29. The molecular formula is C36H25Cl3FN3O3S. The summed E-state index contributed by atoms with van der Waals surface area (Å²) in [4.78, 5) is 40.8. The summed E-state index contributed by atoms with van der Waals surface area (Å²) in [5.41, 5.74) is 1.62. The van der Waals surface area contributed by atoms with Crippen LogP contribution in [0.5, 0.6) is 0 Å². The van der Waals surface area contributed by atoms with E-state index in [2.05, 4.69) is 16.0 Å². The number of amides is 3. The number of hydrogen-bond acceptors (Lipinski definition) is 4. The Labute approximate surface area is 289 Å². The SMILES string of the molecule is O=C(Nc1cccc(SC(C(=O)Nc2ccc(Cl)c(Cl)c2)c2ccccc2)c1)/C(=C\c1c(F)cccc1Cl)NC(=O)c1ccccc1. The van der Waals surface area contributed by atoms with Crippen LogP contribution in [0.25, 0.3) is 6.08 Å². The van der Waals surface area contributed by atoms with Crippen molar-refractivity contribution < 1.29 is 18.8 Å². The number of halogens is 4. The van der Waals surface area contributed by atoms with Gasteiger partial charge >= 0.3 is 0 Å². The highest BCUT2D eigenvalue weighted by atomic mass is 35.5. The molecule has 0 radical (unpaired) electrons. The second-order valence-corrected chi connectivity index (χ2v) is 12.4. The average molecular weight is 705 g/mol. The number of carbonyl (C=O) groups is 3. The summed E-state index contributed by atoms with van der Waals surface area (Å²) in [6.45, 7) is 0. The van der Waals surface area contributed by atoms with Crippen LogP contribution in [0, 0.1) is 5.82 Å². The van der Waals surface area contributed by atoms with E-state index in [1.54, 1.807) is 72.8 Å². The molecule has 1 atom stereocenters. The molecule has 0 aliphatic rings. The highest BCUT2D eigenvalue weighted by molar-refractivity contribution is 8.00. The van der Waals surface area contributed by atoms with Gasteiger partial charge in [-0.05, 0) is 72.3 Å². The normalized spacial score (nSPS) is 11.8. The van der Waals surface area contributed by atoms with E-state index in [9.17, 15) is 18.8 Å². The predicted octanol–water partition coefficient (Wildman–Crippen LogP) is 9.67. The van der Waals surface area contributed by atoms with E-state index in [0.29, 0.717) is 31.9 Å². The maximum Gasteiger partial charge on any atom is 0.272 e. The molecule has 47 heavy (non-hydrogen) atoms. The standard InChI is InChI=1S/C36H25Cl3FN3O3S/c37-28-15-8-16-31(40)27(28)21-32(43-34(44)23-11-5-2-6-12-23)35(45)41-24-13-7-14-26(19-24)47-33(22-9-3-1-4-10-22)36(46)42-25-17-18-29(38)30(39)20-25/h1-21,33H,(H,41,45)(H,42,46)(H,43,44)/b32-21+. The van der Waals surface area contributed by atoms with Gasteiger partial charge in [-0.1, -0.05) is 95.5 Å². The Morgan fingerprint density at radius 3 is 2.06 bits per heavy atom. The van der Waals surface area contributed by atoms with Gasteiger partial charge in [-0.15, -0.1) is 11.8 Å². The molecule has 1 unspecified atom stereocenters. The minimum atomic E-state index is -0.715. The van der Waals surface area contributed by atoms with Crippen LogP contribution in [-0.4, -0.2) is 17.7 Å². The van der Waals surface area contributed by atoms with Crippen LogP contribution in [0.4, 0.5) is 15.8 Å². The molecule has 0 bridgehead atoms. The number of thioether (sulfide) groups is 1. The molecule has 0 aliphatic heterocycles. The summed E-state index contributed by atoms with van der Waals surface area (Å²) in [6.07, 6.45) is 1.19. The van der Waals surface area contributed by atoms with Gasteiger partial charge in [0.15, 0.2) is 0 Å². The van der Waals surface area contributed by atoms with Gasteiger partial charge < -0.3 is 16.0 Å². The van der Waals surface area contributed by atoms with E-state index >= 15 is 0 Å². The maximum absolute atomic E-state index is 14.7. The summed E-state index contributed by atoms with van der Waals surface area (Å²) < 4.78 is 14.7. The summed E-state index contributed by atoms with van der Waals surface area (Å²) >= 11 is 19.7. The zero-order valence-electron chi connectivity index (χ0n) is 24.3. The van der Waals surface area contributed by atoms with Crippen LogP contribution in [-0.2, 0) is 9.59 Å². The monoisotopic (exact) mass is 703 g/mol. The highest BCUT2D eigenvalue weighted by Gasteiger charge is 2.23. The Bertz CT molecular complexity index is 1940. The smallest absolute Gasteiger partial charge is 0.272 e. The third-order valence-electron chi connectivity index (χ3n) is 6.69. The van der Waals surface area contributed by atoms with Gasteiger partial charge in [0, 0.05) is 27.4 Å². The first kappa shape index (κ1) is 33.8. The molecule has 0 spiro atoms. The molecule has 236 valence electrons. The van der Waals surface area contributed by atoms with Crippen molar-refractivity contribution in [2.24, 2.45) is 0 Å². The number of anilines is 2. The molecule has 5 aromatic rings. The van der Waals surface area contributed by atoms with E-state index in [0.717, 1.165) is 5.56 Å². The van der Waals surface area contributed by atoms with Crippen molar-refractivity contribution in [3.05, 3.63) is 165 Å². The summed E-state index contributed by atoms with van der Waals surface area (Å²) in [7, 11) is 0. The number of hydrogen-bond donors (Lipinski definition) is 3. The van der Waals surface area contributed by atoms with Crippen molar-refractivity contribution in [1.82, 2.24) is 5.32 Å². The third kappa shape index (κ3) is 9.02. The Hall–Kier alpha value is -4.60. The minimum absolute atomic E-state index is 0.0596. The fourth-order valence-electron chi connectivity index (χ4n) is 4.40. The molecule has 3 amide bonds. The molecule has 0 heterocycles. The average Bonchev–Trinajstić information content (AvgIpc) is 3.07. The van der Waals surface area contributed by atoms with Crippen LogP contribution in [0.2, 0.25) is 15.1 Å². The van der Waals surface area contributed by atoms with E-state index in [1.165, 1.54) is 36.0 Å². The Morgan fingerprint density at radius 2 is 1.36 bits per heavy atom. The lowest BCUT2D eigenvalue weighted by molar-refractivity contribution is -0.116. The molecule has 0 aliphatic carbocycles. The zero-order chi connectivity index (χ0) is 33.3. The largest absolute Gasteiger partial charge is 0.325 e. The van der Waals surface area contributed by atoms with Gasteiger partial charge in [0.25, 0.3) is 11.8 Å². The molecule has 5 aromatic carbocycles. The molecule has 0 saturated heterocycles. The van der Waals surface area contributed by atoms with E-state index in [1.807, 2.05) is 30.3 Å². The van der Waals surface area contributed by atoms with Gasteiger partial charge in [-0.3, -0.25) is 14.4 Å². The lowest BCUT2D eigenvalue weighted by Gasteiger charge is -2.18. The summed E-state index contributed by atoms with van der Waals surface area (Å²) in [6, 6.07) is 33.3. The van der Waals surface area contributed by atoms with E-state index < -0.39 is 22.9 Å². The summed E-state index contributed by atoms with van der Waals surface area (Å²) in [5.74, 6) is -2.25. The van der Waals surface area contributed by atoms with E-state index in [4.69, 9.17) is 34.8 Å². The molecule has 3 N–H and O–H groups in total. The first-order valence-electron chi connectivity index (χ1n) is 14.1. The molecule has 5 rings (SSSR count). The molecular weight excluding hydrogens is 680 g/mol. The van der Waals surface area contributed by atoms with Gasteiger partial charge in [-0.2, -0.15) is 0 Å². The Kier molecular flexibility index (Phi) is 11.3. The second kappa shape index (κ2) is 15.8. The Balaban J connectivity index is 1.40. The first-order chi connectivity index (χ1) is 22.7. The number of benzene rings is 5. The zero-order valence-corrected chi connectivity index (χ0v) is 27.4. The van der Waals surface area contributed by atoms with Crippen LogP contribution in [0.15, 0.2) is 132 Å². The van der Waals surface area contributed by atoms with Gasteiger partial charge in [-0.25, -0.2) is 4.39 Å². The molecule has 0 saturated carbocycles. The van der Waals surface area contributed by atoms with Crippen LogP contribution < -0.4 is 16.0 Å². The third-order valence-corrected chi connectivity index (χ3v) is 9.01. The van der Waals surface area contributed by atoms with Crippen molar-refractivity contribution in [2.75, 3.05) is 10.6 Å². The number of nitrogens with one attached hydrogen (secondary N) is 3. The quantitative estimate of drug-likeness (QED) is 0.0998. The highest BCUT2D eigenvalue weighted by Crippen LogP contribution is 2.37. The van der Waals surface area contributed by atoms with Gasteiger partial charge in [0.05, 0.1) is 15.1 Å². The van der Waals surface area contributed by atoms with E-state index in [-0.39, 0.29) is 22.2 Å². The topological polar surface area (TPSA) is 87.3 Å². The minimum Gasteiger partial charge on any atom is -0.325 e. The van der Waals surface area contributed by atoms with Gasteiger partial charge in [0.2, 0.25) is 5.91 Å². The number of rotatable bonds is 10. The number of carbonyl (C=O) groups excluding carboxylic acids is 3. The van der Waals surface area contributed by atoms with Crippen molar-refractivity contribution in [1.29, 1.82) is 0 Å². The fraction of sp³-hybridized carbons (Fsp3) is 0.0278. The molecule has 0 aromatic heterocycles. The molecule has 0 fully saturated rings. The molecule has 11 heteroatoms. The van der Waals surface area contributed by atoms with Crippen LogP contribution in [0.1, 0.15) is 26.7 Å². The second-order valence-electron chi connectivity index (χ2n) is 10.0. The first-order valence-corrected chi connectivity index (χ1v) is 16.1. The van der Waals surface area contributed by atoms with Crippen molar-refractivity contribution in [3.63, 3.8) is 0 Å². The lowest BCUT2D eigenvalue weighted by Crippen LogP contribution is -2.30. The molecule has 6 nitrogen and oxygen atoms in total. The van der Waals surface area contributed by atoms with Crippen LogP contribution in [0.3, 0.4) is 0 Å². The van der Waals surface area contributed by atoms with Crippen molar-refractivity contribution in [3.8, 4) is 0 Å². The fourth-order valence-corrected chi connectivity index (χ4v) is 6.00.